The highest BCUT2D eigenvalue weighted by molar-refractivity contribution is 5.94. The number of hydrogen-bond donors (Lipinski definition) is 2. The molecule has 6 heteroatoms. The molecule has 2 aromatic rings. The van der Waals surface area contributed by atoms with Crippen molar-refractivity contribution in [2.45, 2.75) is 43.9 Å². The number of hydrogen-bond acceptors (Lipinski definition) is 5. The Labute approximate surface area is 157 Å². The number of nitrogens with one attached hydrogen (secondary N) is 1. The zero-order valence-corrected chi connectivity index (χ0v) is 15.6. The Morgan fingerprint density at radius 2 is 2.11 bits per heavy atom. The summed E-state index contributed by atoms with van der Waals surface area (Å²) >= 11 is 0. The van der Waals surface area contributed by atoms with Crippen molar-refractivity contribution in [3.05, 3.63) is 35.5 Å². The number of nitrogens with zero attached hydrogens (tertiary/aromatic N) is 1. The molecule has 6 nitrogen and oxygen atoms in total. The lowest BCUT2D eigenvalue weighted by atomic mass is 9.57. The van der Waals surface area contributed by atoms with Crippen LogP contribution in [0.5, 0.6) is 0 Å². The Kier molecular flexibility index (Phi) is 3.55. The highest BCUT2D eigenvalue weighted by atomic mass is 16.5. The molecule has 1 fully saturated rings. The normalized spacial score (nSPS) is 34.2. The molecular formula is C21H24N2O4. The fourth-order valence-electron chi connectivity index (χ4n) is 6.01. The summed E-state index contributed by atoms with van der Waals surface area (Å²) in [5.41, 5.74) is 1.95. The lowest BCUT2D eigenvalue weighted by Crippen LogP contribution is -2.65. The molecule has 1 aromatic heterocycles. The number of ketones is 1. The summed E-state index contributed by atoms with van der Waals surface area (Å²) in [6, 6.07) is 7.70. The highest BCUT2D eigenvalue weighted by Gasteiger charge is 2.63. The number of aromatic nitrogens is 1. The summed E-state index contributed by atoms with van der Waals surface area (Å²) in [4.78, 5) is 25.8. The first-order valence-electron chi connectivity index (χ1n) is 9.63. The van der Waals surface area contributed by atoms with Crippen LogP contribution in [-0.2, 0) is 26.2 Å². The van der Waals surface area contributed by atoms with Gasteiger partial charge in [-0.2, -0.15) is 0 Å². The van der Waals surface area contributed by atoms with E-state index >= 15 is 0 Å². The van der Waals surface area contributed by atoms with Crippen LogP contribution in [0.15, 0.2) is 24.3 Å². The van der Waals surface area contributed by atoms with E-state index in [1.54, 1.807) is 6.92 Å². The van der Waals surface area contributed by atoms with E-state index in [0.717, 1.165) is 28.6 Å². The van der Waals surface area contributed by atoms with E-state index in [0.29, 0.717) is 19.4 Å². The summed E-state index contributed by atoms with van der Waals surface area (Å²) in [6.07, 6.45) is 1.09. The van der Waals surface area contributed by atoms with Gasteiger partial charge in [-0.15, -0.1) is 0 Å². The summed E-state index contributed by atoms with van der Waals surface area (Å²) in [5.74, 6) is -0.721. The minimum Gasteiger partial charge on any atom is -0.468 e. The summed E-state index contributed by atoms with van der Waals surface area (Å²) in [7, 11) is 1.41. The van der Waals surface area contributed by atoms with E-state index in [9.17, 15) is 14.7 Å². The molecule has 5 atom stereocenters. The SMILES string of the molecule is COC(=O)[C@]12C[C@@H]3C[C@H](C(C)=O)[C@H]1NCCc1c2n(c2ccccc12)[C@@H]3O. The predicted octanol–water partition coefficient (Wildman–Crippen LogP) is 1.69. The molecule has 1 aromatic carbocycles. The Morgan fingerprint density at radius 3 is 2.85 bits per heavy atom. The van der Waals surface area contributed by atoms with Crippen molar-refractivity contribution in [1.29, 1.82) is 0 Å². The van der Waals surface area contributed by atoms with E-state index in [2.05, 4.69) is 11.4 Å². The maximum Gasteiger partial charge on any atom is 0.319 e. The van der Waals surface area contributed by atoms with Crippen LogP contribution in [0.25, 0.3) is 10.9 Å². The number of fused-ring (bicyclic) bond motifs is 4. The molecule has 27 heavy (non-hydrogen) atoms. The first-order valence-corrected chi connectivity index (χ1v) is 9.63. The Bertz CT molecular complexity index is 964. The van der Waals surface area contributed by atoms with Crippen molar-refractivity contribution in [3.8, 4) is 0 Å². The number of carbonyl (C=O) groups is 2. The van der Waals surface area contributed by atoms with Gasteiger partial charge in [-0.1, -0.05) is 18.2 Å². The average molecular weight is 368 g/mol. The number of para-hydroxylation sites is 1. The maximum absolute atomic E-state index is 13.3. The van der Waals surface area contributed by atoms with Gasteiger partial charge in [-0.25, -0.2) is 0 Å². The van der Waals surface area contributed by atoms with Gasteiger partial charge in [0.15, 0.2) is 0 Å². The zero-order valence-electron chi connectivity index (χ0n) is 15.6. The fraction of sp³-hybridized carbons (Fsp3) is 0.524. The number of rotatable bonds is 2. The summed E-state index contributed by atoms with van der Waals surface area (Å²) in [5, 5.41) is 15.8. The number of ether oxygens (including phenoxy) is 1. The van der Waals surface area contributed by atoms with Crippen molar-refractivity contribution in [1.82, 2.24) is 9.88 Å². The van der Waals surface area contributed by atoms with Gasteiger partial charge >= 0.3 is 5.97 Å². The van der Waals surface area contributed by atoms with Gasteiger partial charge in [0, 0.05) is 29.0 Å². The molecule has 2 bridgehead atoms. The monoisotopic (exact) mass is 368 g/mol. The van der Waals surface area contributed by atoms with Gasteiger partial charge in [0.2, 0.25) is 0 Å². The van der Waals surface area contributed by atoms with Crippen LogP contribution in [0, 0.1) is 11.8 Å². The Hall–Kier alpha value is -2.18. The van der Waals surface area contributed by atoms with Gasteiger partial charge in [-0.3, -0.25) is 9.59 Å². The topological polar surface area (TPSA) is 80.6 Å². The fourth-order valence-corrected chi connectivity index (χ4v) is 6.01. The zero-order chi connectivity index (χ0) is 18.9. The van der Waals surface area contributed by atoms with Crippen LogP contribution in [0.3, 0.4) is 0 Å². The standard InChI is InChI=1S/C21H24N2O4/c1-11(24)15-9-12-10-21(20(26)27-2)17(15)22-8-7-14-13-5-3-4-6-16(13)23(18(14)21)19(12)25/h3-6,12,15,17,19,22,25H,7-10H2,1-2H3/t12-,15+,17+,19+,21+/m0/s1. The smallest absolute Gasteiger partial charge is 0.319 e. The van der Waals surface area contributed by atoms with Crippen molar-refractivity contribution >= 4 is 22.7 Å². The van der Waals surface area contributed by atoms with Crippen molar-refractivity contribution in [2.75, 3.05) is 13.7 Å². The highest BCUT2D eigenvalue weighted by Crippen LogP contribution is 2.56. The molecule has 3 aliphatic rings. The minimum atomic E-state index is -0.946. The second-order valence-corrected chi connectivity index (χ2v) is 8.19. The van der Waals surface area contributed by atoms with Crippen LogP contribution in [0.4, 0.5) is 0 Å². The number of esters is 1. The largest absolute Gasteiger partial charge is 0.468 e. The number of methoxy groups -OCH3 is 1. The number of aliphatic hydroxyl groups excluding tert-OH is 1. The van der Waals surface area contributed by atoms with Crippen LogP contribution in [0.1, 0.15) is 37.3 Å². The van der Waals surface area contributed by atoms with Crippen LogP contribution in [0.2, 0.25) is 0 Å². The van der Waals surface area contributed by atoms with Crippen molar-refractivity contribution < 1.29 is 19.4 Å². The quantitative estimate of drug-likeness (QED) is 0.789. The third-order valence-electron chi connectivity index (χ3n) is 7.01. The van der Waals surface area contributed by atoms with Crippen molar-refractivity contribution in [2.24, 2.45) is 11.8 Å². The van der Waals surface area contributed by atoms with Gasteiger partial charge in [-0.05, 0) is 44.4 Å². The molecule has 142 valence electrons. The molecule has 0 saturated heterocycles. The lowest BCUT2D eigenvalue weighted by Gasteiger charge is -2.53. The molecule has 0 radical (unpaired) electrons. The predicted molar refractivity (Wildman–Crippen MR) is 99.3 cm³/mol. The Morgan fingerprint density at radius 1 is 1.33 bits per heavy atom. The summed E-state index contributed by atoms with van der Waals surface area (Å²) < 4.78 is 7.26. The maximum atomic E-state index is 13.3. The van der Waals surface area contributed by atoms with E-state index in [1.807, 2.05) is 22.8 Å². The summed E-state index contributed by atoms with van der Waals surface area (Å²) in [6.45, 7) is 2.28. The average Bonchev–Trinajstić information content (AvgIpc) is 2.89. The van der Waals surface area contributed by atoms with Crippen LogP contribution < -0.4 is 5.32 Å². The molecule has 3 heterocycles. The van der Waals surface area contributed by atoms with Crippen LogP contribution in [-0.4, -0.2) is 41.1 Å². The third-order valence-corrected chi connectivity index (χ3v) is 7.01. The molecule has 0 amide bonds. The minimum absolute atomic E-state index is 0.0608. The van der Waals surface area contributed by atoms with Gasteiger partial charge in [0.25, 0.3) is 0 Å². The van der Waals surface area contributed by atoms with Crippen molar-refractivity contribution in [3.63, 3.8) is 0 Å². The molecular weight excluding hydrogens is 344 g/mol. The molecule has 5 rings (SSSR count). The second-order valence-electron chi connectivity index (χ2n) is 8.19. The van der Waals surface area contributed by atoms with Crippen LogP contribution >= 0.6 is 0 Å². The van der Waals surface area contributed by atoms with E-state index in [1.165, 1.54) is 7.11 Å². The van der Waals surface area contributed by atoms with Gasteiger partial charge < -0.3 is 19.7 Å². The van der Waals surface area contributed by atoms with E-state index in [4.69, 9.17) is 4.74 Å². The van der Waals surface area contributed by atoms with E-state index in [-0.39, 0.29) is 29.6 Å². The van der Waals surface area contributed by atoms with Gasteiger partial charge in [0.05, 0.1) is 12.6 Å². The Balaban J connectivity index is 1.91. The second kappa shape index (κ2) is 5.66. The first kappa shape index (κ1) is 17.0. The third kappa shape index (κ3) is 1.97. The molecule has 0 spiro atoms. The lowest BCUT2D eigenvalue weighted by molar-refractivity contribution is -0.159. The molecule has 2 aliphatic heterocycles. The molecule has 1 aliphatic carbocycles. The molecule has 2 N–H and O–H groups in total. The number of carbonyl (C=O) groups excluding carboxylic acids is 2. The number of aliphatic hydroxyl groups is 1. The number of Topliss-reactive ketones (excluding diaryl/α,β-unsaturated/α-hetero) is 1. The van der Waals surface area contributed by atoms with E-state index < -0.39 is 11.6 Å². The number of benzene rings is 1. The molecule has 0 unspecified atom stereocenters. The molecule has 1 saturated carbocycles. The van der Waals surface area contributed by atoms with Gasteiger partial charge in [0.1, 0.15) is 17.4 Å². The first-order chi connectivity index (χ1) is 13.0.